The first-order valence-corrected chi connectivity index (χ1v) is 11.7. The summed E-state index contributed by atoms with van der Waals surface area (Å²) in [6.07, 6.45) is 3.15. The second-order valence-corrected chi connectivity index (χ2v) is 9.35. The minimum Gasteiger partial charge on any atom is -0.454 e. The molecule has 0 bridgehead atoms. The van der Waals surface area contributed by atoms with Gasteiger partial charge in [0.1, 0.15) is 15.8 Å². The van der Waals surface area contributed by atoms with E-state index in [0.29, 0.717) is 32.2 Å². The van der Waals surface area contributed by atoms with Gasteiger partial charge in [-0.1, -0.05) is 36.1 Å². The molecule has 0 unspecified atom stereocenters. The highest BCUT2D eigenvalue weighted by Gasteiger charge is 2.33. The molecule has 34 heavy (non-hydrogen) atoms. The number of fused-ring (bicyclic) bond motifs is 2. The molecule has 1 aromatic carbocycles. The summed E-state index contributed by atoms with van der Waals surface area (Å²) in [6.45, 7) is 2.37. The number of anilines is 1. The van der Waals surface area contributed by atoms with Crippen LogP contribution >= 0.6 is 24.0 Å². The minimum absolute atomic E-state index is 0.133. The molecule has 5 rings (SSSR count). The number of rotatable bonds is 6. The maximum atomic E-state index is 13.3. The number of nitrogens with zero attached hydrogens (tertiary/aromatic N) is 3. The maximum Gasteiger partial charge on any atom is 0.267 e. The van der Waals surface area contributed by atoms with Gasteiger partial charge in [0.15, 0.2) is 11.5 Å². The predicted octanol–water partition coefficient (Wildman–Crippen LogP) is 2.54. The van der Waals surface area contributed by atoms with Crippen molar-refractivity contribution in [2.45, 2.75) is 13.5 Å². The van der Waals surface area contributed by atoms with Crippen molar-refractivity contribution >= 4 is 51.7 Å². The van der Waals surface area contributed by atoms with E-state index in [1.807, 2.05) is 25.1 Å². The summed E-state index contributed by atoms with van der Waals surface area (Å²) in [6, 6.07) is 9.10. The quantitative estimate of drug-likeness (QED) is 0.393. The van der Waals surface area contributed by atoms with E-state index >= 15 is 0 Å². The van der Waals surface area contributed by atoms with E-state index in [1.165, 1.54) is 15.4 Å². The molecule has 1 amide bonds. The molecule has 0 atom stereocenters. The molecule has 1 fully saturated rings. The summed E-state index contributed by atoms with van der Waals surface area (Å²) in [5.74, 6) is 1.30. The van der Waals surface area contributed by atoms with Crippen LogP contribution in [0.2, 0.25) is 0 Å². The molecular formula is C23H20N4O5S2. The molecule has 4 heterocycles. The number of hydrogen-bond acceptors (Lipinski definition) is 9. The maximum absolute atomic E-state index is 13.3. The standard InChI is InChI=1S/C23H20N4O5S2/c1-13-3-2-7-26-20(13)25-19(24-6-8-28)15(21(26)29)10-18-22(30)27(23(33)34-18)11-14-4-5-16-17(9-14)32-12-31-16/h2-5,7,9-10,24,28H,6,8,11-12H2,1H3. The van der Waals surface area contributed by atoms with Crippen LogP contribution in [0.15, 0.2) is 46.2 Å². The van der Waals surface area contributed by atoms with E-state index in [4.69, 9.17) is 21.7 Å². The highest BCUT2D eigenvalue weighted by molar-refractivity contribution is 8.26. The second-order valence-electron chi connectivity index (χ2n) is 7.67. The van der Waals surface area contributed by atoms with Gasteiger partial charge in [-0.2, -0.15) is 0 Å². The zero-order valence-electron chi connectivity index (χ0n) is 18.1. The molecule has 2 N–H and O–H groups in total. The molecule has 2 aliphatic heterocycles. The normalized spacial score (nSPS) is 16.2. The molecule has 0 aliphatic carbocycles. The van der Waals surface area contributed by atoms with Crippen molar-refractivity contribution in [1.82, 2.24) is 14.3 Å². The van der Waals surface area contributed by atoms with Crippen LogP contribution in [0.5, 0.6) is 11.5 Å². The Balaban J connectivity index is 1.50. The minimum atomic E-state index is -0.324. The molecule has 174 valence electrons. The molecular weight excluding hydrogens is 476 g/mol. The van der Waals surface area contributed by atoms with Gasteiger partial charge in [-0.05, 0) is 42.3 Å². The second kappa shape index (κ2) is 9.09. The summed E-state index contributed by atoms with van der Waals surface area (Å²) in [5, 5.41) is 12.2. The number of aliphatic hydroxyl groups excluding tert-OH is 1. The number of benzene rings is 1. The van der Waals surface area contributed by atoms with E-state index < -0.39 is 0 Å². The van der Waals surface area contributed by atoms with E-state index in [9.17, 15) is 14.7 Å². The number of ether oxygens (including phenoxy) is 2. The van der Waals surface area contributed by atoms with Gasteiger partial charge < -0.3 is 19.9 Å². The number of aromatic nitrogens is 2. The Kier molecular flexibility index (Phi) is 5.98. The number of thiocarbonyl (C=S) groups is 1. The number of amides is 1. The Morgan fingerprint density at radius 3 is 2.91 bits per heavy atom. The highest BCUT2D eigenvalue weighted by atomic mass is 32.2. The van der Waals surface area contributed by atoms with Gasteiger partial charge in [-0.3, -0.25) is 18.9 Å². The average Bonchev–Trinajstić information content (AvgIpc) is 3.40. The first-order chi connectivity index (χ1) is 16.5. The molecule has 9 nitrogen and oxygen atoms in total. The summed E-state index contributed by atoms with van der Waals surface area (Å²) in [4.78, 5) is 32.9. The lowest BCUT2D eigenvalue weighted by atomic mass is 10.2. The van der Waals surface area contributed by atoms with Crippen LogP contribution in [-0.2, 0) is 11.3 Å². The SMILES string of the molecule is Cc1cccn2c(=O)c(C=C3SC(=S)N(Cc4ccc5c(c4)OCO5)C3=O)c(NCCO)nc12. The van der Waals surface area contributed by atoms with Crippen molar-refractivity contribution in [1.29, 1.82) is 0 Å². The number of pyridine rings is 1. The number of hydrogen-bond donors (Lipinski definition) is 2. The first-order valence-electron chi connectivity index (χ1n) is 10.5. The smallest absolute Gasteiger partial charge is 0.267 e. The van der Waals surface area contributed by atoms with E-state index in [-0.39, 0.29) is 43.5 Å². The van der Waals surface area contributed by atoms with E-state index in [1.54, 1.807) is 18.3 Å². The topological polar surface area (TPSA) is 105 Å². The van der Waals surface area contributed by atoms with Crippen LogP contribution in [0, 0.1) is 6.92 Å². The Morgan fingerprint density at radius 1 is 1.26 bits per heavy atom. The van der Waals surface area contributed by atoms with Crippen LogP contribution in [0.4, 0.5) is 5.82 Å². The zero-order chi connectivity index (χ0) is 23.8. The Morgan fingerprint density at radius 2 is 2.09 bits per heavy atom. The molecule has 0 spiro atoms. The average molecular weight is 497 g/mol. The molecule has 1 saturated heterocycles. The van der Waals surface area contributed by atoms with Crippen LogP contribution in [-0.4, -0.2) is 49.6 Å². The molecule has 2 aliphatic rings. The van der Waals surface area contributed by atoms with Gasteiger partial charge in [-0.25, -0.2) is 4.98 Å². The third kappa shape index (κ3) is 4.02. The van der Waals surface area contributed by atoms with Gasteiger partial charge in [0.05, 0.1) is 23.6 Å². The summed E-state index contributed by atoms with van der Waals surface area (Å²) < 4.78 is 12.6. The van der Waals surface area contributed by atoms with Crippen molar-refractivity contribution in [3.63, 3.8) is 0 Å². The fourth-order valence-electron chi connectivity index (χ4n) is 3.74. The third-order valence-electron chi connectivity index (χ3n) is 5.42. The number of nitrogens with one attached hydrogen (secondary N) is 1. The van der Waals surface area contributed by atoms with Gasteiger partial charge in [-0.15, -0.1) is 0 Å². The third-order valence-corrected chi connectivity index (χ3v) is 6.79. The van der Waals surface area contributed by atoms with Gasteiger partial charge in [0.25, 0.3) is 11.5 Å². The van der Waals surface area contributed by atoms with Crippen LogP contribution in [0.1, 0.15) is 16.7 Å². The molecule has 11 heteroatoms. The Bertz CT molecular complexity index is 1420. The van der Waals surface area contributed by atoms with Crippen molar-refractivity contribution in [3.05, 3.63) is 68.5 Å². The zero-order valence-corrected chi connectivity index (χ0v) is 19.7. The van der Waals surface area contributed by atoms with Crippen LogP contribution < -0.4 is 20.3 Å². The molecule has 0 saturated carbocycles. The fraction of sp³-hybridized carbons (Fsp3) is 0.217. The van der Waals surface area contributed by atoms with Crippen molar-refractivity contribution in [2.75, 3.05) is 25.3 Å². The number of aryl methyl sites for hydroxylation is 1. The van der Waals surface area contributed by atoms with Crippen molar-refractivity contribution < 1.29 is 19.4 Å². The lowest BCUT2D eigenvalue weighted by Gasteiger charge is -2.15. The molecule has 3 aromatic rings. The van der Waals surface area contributed by atoms with Gasteiger partial charge in [0, 0.05) is 12.7 Å². The summed E-state index contributed by atoms with van der Waals surface area (Å²) in [5.41, 5.74) is 2.07. The first kappa shape index (κ1) is 22.4. The number of carbonyl (C=O) groups is 1. The number of carbonyl (C=O) groups excluding carboxylic acids is 1. The van der Waals surface area contributed by atoms with E-state index in [2.05, 4.69) is 10.3 Å². The van der Waals surface area contributed by atoms with Crippen molar-refractivity contribution in [3.8, 4) is 11.5 Å². The highest BCUT2D eigenvalue weighted by Crippen LogP contribution is 2.36. The van der Waals surface area contributed by atoms with Gasteiger partial charge in [0.2, 0.25) is 6.79 Å². The predicted molar refractivity (Wildman–Crippen MR) is 133 cm³/mol. The van der Waals surface area contributed by atoms with Crippen molar-refractivity contribution in [2.24, 2.45) is 0 Å². The monoisotopic (exact) mass is 496 g/mol. The Labute approximate surface area is 204 Å². The molecule has 2 aromatic heterocycles. The largest absolute Gasteiger partial charge is 0.454 e. The van der Waals surface area contributed by atoms with E-state index in [0.717, 1.165) is 22.9 Å². The number of aliphatic hydroxyl groups is 1. The van der Waals surface area contributed by atoms with Gasteiger partial charge >= 0.3 is 0 Å². The Hall–Kier alpha value is -3.41. The van der Waals surface area contributed by atoms with Crippen LogP contribution in [0.3, 0.4) is 0 Å². The fourth-order valence-corrected chi connectivity index (χ4v) is 4.98. The van der Waals surface area contributed by atoms with Crippen LogP contribution in [0.25, 0.3) is 11.7 Å². The summed E-state index contributed by atoms with van der Waals surface area (Å²) in [7, 11) is 0. The summed E-state index contributed by atoms with van der Waals surface area (Å²) >= 11 is 6.59. The number of thioether (sulfide) groups is 1. The lowest BCUT2D eigenvalue weighted by molar-refractivity contribution is -0.122. The lowest BCUT2D eigenvalue weighted by Crippen LogP contribution is -2.27. The molecule has 0 radical (unpaired) electrons.